The van der Waals surface area contributed by atoms with E-state index in [1.807, 2.05) is 6.92 Å². The average Bonchev–Trinajstić information content (AvgIpc) is 2.68. The highest BCUT2D eigenvalue weighted by molar-refractivity contribution is 5.90. The Balaban J connectivity index is 2.17. The number of nitrogens with one attached hydrogen (secondary N) is 1. The van der Waals surface area contributed by atoms with Crippen molar-refractivity contribution in [2.75, 3.05) is 19.0 Å². The van der Waals surface area contributed by atoms with Crippen molar-refractivity contribution in [3.63, 3.8) is 0 Å². The van der Waals surface area contributed by atoms with Crippen LogP contribution in [0.25, 0.3) is 0 Å². The molecule has 18 heavy (non-hydrogen) atoms. The van der Waals surface area contributed by atoms with E-state index in [4.69, 9.17) is 4.74 Å². The van der Waals surface area contributed by atoms with Gasteiger partial charge in [0, 0.05) is 12.8 Å². The van der Waals surface area contributed by atoms with Gasteiger partial charge in [0.1, 0.15) is 5.82 Å². The molecule has 1 N–H and O–H groups in total. The highest BCUT2D eigenvalue weighted by Gasteiger charge is 2.37. The molecule has 5 heteroatoms. The number of rotatable bonds is 3. The van der Waals surface area contributed by atoms with Gasteiger partial charge in [-0.25, -0.2) is 9.78 Å². The second-order valence-corrected chi connectivity index (χ2v) is 4.73. The van der Waals surface area contributed by atoms with Crippen LogP contribution in [0.4, 0.5) is 5.82 Å². The Morgan fingerprint density at radius 1 is 1.67 bits per heavy atom. The lowest BCUT2D eigenvalue weighted by Gasteiger charge is -2.29. The lowest BCUT2D eigenvalue weighted by molar-refractivity contribution is 0.0600. The molecule has 2 rings (SSSR count). The summed E-state index contributed by atoms with van der Waals surface area (Å²) in [6.07, 6.45) is 2.62. The number of hydrogen-bond acceptors (Lipinski definition) is 5. The van der Waals surface area contributed by atoms with Gasteiger partial charge in [-0.3, -0.25) is 0 Å². The van der Waals surface area contributed by atoms with E-state index in [-0.39, 0.29) is 17.6 Å². The molecule has 1 aromatic heterocycles. The molecule has 0 aromatic carbocycles. The van der Waals surface area contributed by atoms with Crippen molar-refractivity contribution in [3.05, 3.63) is 23.9 Å². The summed E-state index contributed by atoms with van der Waals surface area (Å²) >= 11 is 0. The van der Waals surface area contributed by atoms with Gasteiger partial charge in [0.25, 0.3) is 0 Å². The fraction of sp³-hybridized carbons (Fsp3) is 0.538. The van der Waals surface area contributed by atoms with Gasteiger partial charge in [0.2, 0.25) is 0 Å². The molecular formula is C13H18N2O3. The number of carbonyl (C=O) groups is 1. The minimum atomic E-state index is -0.360. The summed E-state index contributed by atoms with van der Waals surface area (Å²) in [5.41, 5.74) is 0.340. The number of aromatic nitrogens is 1. The van der Waals surface area contributed by atoms with Gasteiger partial charge >= 0.3 is 5.97 Å². The van der Waals surface area contributed by atoms with Crippen LogP contribution in [0.3, 0.4) is 0 Å². The van der Waals surface area contributed by atoms with Gasteiger partial charge in [-0.1, -0.05) is 0 Å². The van der Waals surface area contributed by atoms with Gasteiger partial charge in [0.15, 0.2) is 0 Å². The predicted molar refractivity (Wildman–Crippen MR) is 67.6 cm³/mol. The number of hydrogen-bond donors (Lipinski definition) is 1. The third kappa shape index (κ3) is 2.46. The largest absolute Gasteiger partial charge is 0.465 e. The topological polar surface area (TPSA) is 60.5 Å². The zero-order chi connectivity index (χ0) is 13.2. The van der Waals surface area contributed by atoms with Crippen LogP contribution in [0.2, 0.25) is 0 Å². The first-order valence-electron chi connectivity index (χ1n) is 5.99. The maximum Gasteiger partial charge on any atom is 0.338 e. The Morgan fingerprint density at radius 2 is 2.44 bits per heavy atom. The predicted octanol–water partition coefficient (Wildman–Crippen LogP) is 1.85. The number of ether oxygens (including phenoxy) is 2. The summed E-state index contributed by atoms with van der Waals surface area (Å²) < 4.78 is 10.2. The molecule has 2 atom stereocenters. The van der Waals surface area contributed by atoms with Crippen molar-refractivity contribution >= 4 is 11.8 Å². The molecule has 1 fully saturated rings. The van der Waals surface area contributed by atoms with Gasteiger partial charge in [-0.15, -0.1) is 0 Å². The number of nitrogens with zero attached hydrogens (tertiary/aromatic N) is 1. The molecule has 5 nitrogen and oxygen atoms in total. The van der Waals surface area contributed by atoms with Gasteiger partial charge < -0.3 is 14.8 Å². The molecule has 2 unspecified atom stereocenters. The van der Waals surface area contributed by atoms with Gasteiger partial charge in [0.05, 0.1) is 24.3 Å². The smallest absolute Gasteiger partial charge is 0.338 e. The van der Waals surface area contributed by atoms with E-state index in [1.165, 1.54) is 7.11 Å². The highest BCUT2D eigenvalue weighted by Crippen LogP contribution is 2.28. The maximum atomic E-state index is 11.4. The average molecular weight is 250 g/mol. The quantitative estimate of drug-likeness (QED) is 0.829. The summed E-state index contributed by atoms with van der Waals surface area (Å²) in [5.74, 6) is 0.305. The second-order valence-electron chi connectivity index (χ2n) is 4.73. The van der Waals surface area contributed by atoms with Crippen LogP contribution in [0.5, 0.6) is 0 Å². The maximum absolute atomic E-state index is 11.4. The molecule has 0 saturated carbocycles. The molecule has 0 radical (unpaired) electrons. The van der Waals surface area contributed by atoms with Crippen molar-refractivity contribution in [2.24, 2.45) is 0 Å². The lowest BCUT2D eigenvalue weighted by Crippen LogP contribution is -2.41. The van der Waals surface area contributed by atoms with E-state index in [0.29, 0.717) is 11.4 Å². The zero-order valence-corrected chi connectivity index (χ0v) is 10.9. The Bertz CT molecular complexity index is 450. The van der Waals surface area contributed by atoms with E-state index >= 15 is 0 Å². The number of carbonyl (C=O) groups excluding carboxylic acids is 1. The lowest BCUT2D eigenvalue weighted by atomic mass is 9.94. The number of anilines is 1. The summed E-state index contributed by atoms with van der Waals surface area (Å²) in [6, 6.07) is 3.33. The molecule has 1 saturated heterocycles. The summed E-state index contributed by atoms with van der Waals surface area (Å²) in [6.45, 7) is 4.86. The molecule has 2 heterocycles. The third-order valence-corrected chi connectivity index (χ3v) is 3.48. The Hall–Kier alpha value is -1.62. The molecule has 1 aliphatic rings. The van der Waals surface area contributed by atoms with Gasteiger partial charge in [-0.05, 0) is 32.4 Å². The molecule has 98 valence electrons. The third-order valence-electron chi connectivity index (χ3n) is 3.48. The zero-order valence-electron chi connectivity index (χ0n) is 10.9. The number of methoxy groups -OCH3 is 1. The number of pyridine rings is 1. The molecule has 1 aromatic rings. The molecule has 0 amide bonds. The fourth-order valence-electron chi connectivity index (χ4n) is 2.04. The molecule has 0 spiro atoms. The SMILES string of the molecule is COC(=O)c1ccnc(NC2(C)CCOC2C)c1. The summed E-state index contributed by atoms with van der Waals surface area (Å²) in [5, 5.41) is 3.34. The Labute approximate surface area is 107 Å². The monoisotopic (exact) mass is 250 g/mol. The van der Waals surface area contributed by atoms with E-state index in [1.54, 1.807) is 18.3 Å². The van der Waals surface area contributed by atoms with E-state index < -0.39 is 0 Å². The first kappa shape index (κ1) is 12.8. The van der Waals surface area contributed by atoms with Crippen molar-refractivity contribution in [3.8, 4) is 0 Å². The minimum Gasteiger partial charge on any atom is -0.465 e. The standard InChI is InChI=1S/C13H18N2O3/c1-9-13(2,5-7-18-9)15-11-8-10(4-6-14-11)12(16)17-3/h4,6,8-9H,5,7H2,1-3H3,(H,14,15). The van der Waals surface area contributed by atoms with E-state index in [0.717, 1.165) is 13.0 Å². The fourth-order valence-corrected chi connectivity index (χ4v) is 2.04. The van der Waals surface area contributed by atoms with E-state index in [9.17, 15) is 4.79 Å². The van der Waals surface area contributed by atoms with Crippen molar-refractivity contribution in [1.82, 2.24) is 4.98 Å². The Morgan fingerprint density at radius 3 is 3.06 bits per heavy atom. The van der Waals surface area contributed by atoms with Crippen LogP contribution in [-0.2, 0) is 9.47 Å². The van der Waals surface area contributed by atoms with Gasteiger partial charge in [-0.2, -0.15) is 0 Å². The summed E-state index contributed by atoms with van der Waals surface area (Å²) in [4.78, 5) is 15.7. The normalized spacial score (nSPS) is 26.9. The Kier molecular flexibility index (Phi) is 3.52. The first-order valence-corrected chi connectivity index (χ1v) is 5.99. The minimum absolute atomic E-state index is 0.112. The molecule has 1 aliphatic heterocycles. The van der Waals surface area contributed by atoms with Crippen molar-refractivity contribution in [1.29, 1.82) is 0 Å². The van der Waals surface area contributed by atoms with Crippen LogP contribution in [-0.4, -0.2) is 36.3 Å². The molecular weight excluding hydrogens is 232 g/mol. The second kappa shape index (κ2) is 4.94. The summed E-state index contributed by atoms with van der Waals surface area (Å²) in [7, 11) is 1.37. The van der Waals surface area contributed by atoms with E-state index in [2.05, 4.69) is 22.0 Å². The highest BCUT2D eigenvalue weighted by atomic mass is 16.5. The van der Waals surface area contributed by atoms with Crippen molar-refractivity contribution in [2.45, 2.75) is 31.9 Å². The van der Waals surface area contributed by atoms with Crippen LogP contribution in [0.1, 0.15) is 30.6 Å². The first-order chi connectivity index (χ1) is 8.55. The van der Waals surface area contributed by atoms with Crippen LogP contribution < -0.4 is 5.32 Å². The van der Waals surface area contributed by atoms with Crippen molar-refractivity contribution < 1.29 is 14.3 Å². The molecule has 0 bridgehead atoms. The van der Waals surface area contributed by atoms with Crippen LogP contribution in [0.15, 0.2) is 18.3 Å². The molecule has 0 aliphatic carbocycles. The van der Waals surface area contributed by atoms with Crippen LogP contribution in [0, 0.1) is 0 Å². The van der Waals surface area contributed by atoms with Crippen LogP contribution >= 0.6 is 0 Å². The number of esters is 1.